The van der Waals surface area contributed by atoms with Crippen molar-refractivity contribution in [3.05, 3.63) is 21.9 Å². The SMILES string of the molecule is CCC[C@]1(CC)OCCc2sccc21. The molecule has 0 N–H and O–H groups in total. The maximum atomic E-state index is 6.05. The van der Waals surface area contributed by atoms with E-state index < -0.39 is 0 Å². The van der Waals surface area contributed by atoms with E-state index in [-0.39, 0.29) is 5.60 Å². The number of hydrogen-bond donors (Lipinski definition) is 0. The molecule has 1 aromatic heterocycles. The van der Waals surface area contributed by atoms with Gasteiger partial charge in [-0.1, -0.05) is 20.3 Å². The van der Waals surface area contributed by atoms with Gasteiger partial charge in [-0.15, -0.1) is 11.3 Å². The molecule has 0 aromatic carbocycles. The van der Waals surface area contributed by atoms with Gasteiger partial charge in [-0.2, -0.15) is 0 Å². The molecular weight excluding hydrogens is 192 g/mol. The van der Waals surface area contributed by atoms with Crippen molar-refractivity contribution < 1.29 is 4.74 Å². The lowest BCUT2D eigenvalue weighted by molar-refractivity contribution is -0.0689. The lowest BCUT2D eigenvalue weighted by atomic mass is 9.85. The van der Waals surface area contributed by atoms with Crippen LogP contribution in [0.1, 0.15) is 43.6 Å². The minimum Gasteiger partial charge on any atom is -0.370 e. The molecule has 0 bridgehead atoms. The summed E-state index contributed by atoms with van der Waals surface area (Å²) in [6.07, 6.45) is 4.57. The first-order chi connectivity index (χ1) is 6.82. The molecule has 1 aromatic rings. The van der Waals surface area contributed by atoms with E-state index in [4.69, 9.17) is 4.74 Å². The van der Waals surface area contributed by atoms with Crippen LogP contribution in [0.15, 0.2) is 11.4 Å². The molecule has 0 spiro atoms. The molecular formula is C12H18OS. The van der Waals surface area contributed by atoms with Gasteiger partial charge in [-0.3, -0.25) is 0 Å². The van der Waals surface area contributed by atoms with Crippen LogP contribution in [0.5, 0.6) is 0 Å². The molecule has 2 heteroatoms. The molecule has 0 saturated carbocycles. The van der Waals surface area contributed by atoms with Gasteiger partial charge in [0.25, 0.3) is 0 Å². The van der Waals surface area contributed by atoms with Crippen LogP contribution in [0.25, 0.3) is 0 Å². The summed E-state index contributed by atoms with van der Waals surface area (Å²) < 4.78 is 6.05. The van der Waals surface area contributed by atoms with Crippen molar-refractivity contribution in [1.29, 1.82) is 0 Å². The van der Waals surface area contributed by atoms with Crippen molar-refractivity contribution in [2.75, 3.05) is 6.61 Å². The minimum absolute atomic E-state index is 0.0440. The van der Waals surface area contributed by atoms with E-state index in [1.165, 1.54) is 12.0 Å². The van der Waals surface area contributed by atoms with Gasteiger partial charge in [0.15, 0.2) is 0 Å². The van der Waals surface area contributed by atoms with Crippen LogP contribution in [0.3, 0.4) is 0 Å². The van der Waals surface area contributed by atoms with Crippen molar-refractivity contribution in [3.63, 3.8) is 0 Å². The fourth-order valence-electron chi connectivity index (χ4n) is 2.44. The second-order valence-corrected chi connectivity index (χ2v) is 4.95. The van der Waals surface area contributed by atoms with E-state index in [1.807, 2.05) is 11.3 Å². The first kappa shape index (κ1) is 10.2. The van der Waals surface area contributed by atoms with E-state index in [0.29, 0.717) is 0 Å². The summed E-state index contributed by atoms with van der Waals surface area (Å²) in [6, 6.07) is 2.26. The number of rotatable bonds is 3. The van der Waals surface area contributed by atoms with E-state index in [2.05, 4.69) is 25.3 Å². The first-order valence-corrected chi connectivity index (χ1v) is 6.41. The Morgan fingerprint density at radius 3 is 3.07 bits per heavy atom. The van der Waals surface area contributed by atoms with Crippen molar-refractivity contribution in [2.24, 2.45) is 0 Å². The Bertz CT molecular complexity index is 305. The molecule has 1 nitrogen and oxygen atoms in total. The van der Waals surface area contributed by atoms with Gasteiger partial charge in [0.2, 0.25) is 0 Å². The second-order valence-electron chi connectivity index (χ2n) is 3.95. The monoisotopic (exact) mass is 210 g/mol. The summed E-state index contributed by atoms with van der Waals surface area (Å²) >= 11 is 1.89. The number of thiophene rings is 1. The zero-order valence-electron chi connectivity index (χ0n) is 9.01. The zero-order chi connectivity index (χ0) is 10.0. The van der Waals surface area contributed by atoms with Gasteiger partial charge in [0.1, 0.15) is 0 Å². The highest BCUT2D eigenvalue weighted by molar-refractivity contribution is 7.10. The Balaban J connectivity index is 2.36. The van der Waals surface area contributed by atoms with Crippen molar-refractivity contribution >= 4 is 11.3 Å². The Labute approximate surface area is 90.1 Å². The van der Waals surface area contributed by atoms with Crippen LogP contribution < -0.4 is 0 Å². The van der Waals surface area contributed by atoms with Crippen molar-refractivity contribution in [3.8, 4) is 0 Å². The molecule has 2 heterocycles. The van der Waals surface area contributed by atoms with Gasteiger partial charge in [-0.25, -0.2) is 0 Å². The summed E-state index contributed by atoms with van der Waals surface area (Å²) in [4.78, 5) is 1.55. The molecule has 0 amide bonds. The van der Waals surface area contributed by atoms with Gasteiger partial charge < -0.3 is 4.74 Å². The average molecular weight is 210 g/mol. The Morgan fingerprint density at radius 2 is 2.36 bits per heavy atom. The van der Waals surface area contributed by atoms with Gasteiger partial charge in [0, 0.05) is 11.3 Å². The van der Waals surface area contributed by atoms with Crippen molar-refractivity contribution in [2.45, 2.75) is 45.1 Å². The highest BCUT2D eigenvalue weighted by Gasteiger charge is 2.35. The summed E-state index contributed by atoms with van der Waals surface area (Å²) in [5.74, 6) is 0. The van der Waals surface area contributed by atoms with Gasteiger partial charge in [0.05, 0.1) is 12.2 Å². The predicted molar refractivity (Wildman–Crippen MR) is 60.9 cm³/mol. The van der Waals surface area contributed by atoms with Gasteiger partial charge in [-0.05, 0) is 29.9 Å². The largest absolute Gasteiger partial charge is 0.370 e. The quantitative estimate of drug-likeness (QED) is 0.738. The Morgan fingerprint density at radius 1 is 1.50 bits per heavy atom. The van der Waals surface area contributed by atoms with Crippen LogP contribution in [-0.2, 0) is 16.8 Å². The topological polar surface area (TPSA) is 9.23 Å². The molecule has 0 saturated heterocycles. The van der Waals surface area contributed by atoms with E-state index in [0.717, 1.165) is 25.9 Å². The van der Waals surface area contributed by atoms with Crippen LogP contribution in [0.2, 0.25) is 0 Å². The number of ether oxygens (including phenoxy) is 1. The summed E-state index contributed by atoms with van der Waals surface area (Å²) in [5, 5.41) is 2.21. The van der Waals surface area contributed by atoms with Gasteiger partial charge >= 0.3 is 0 Å². The lowest BCUT2D eigenvalue weighted by Gasteiger charge is -2.37. The summed E-state index contributed by atoms with van der Waals surface area (Å²) in [6.45, 7) is 5.38. The van der Waals surface area contributed by atoms with Crippen LogP contribution in [0, 0.1) is 0 Å². The third-order valence-corrected chi connectivity index (χ3v) is 4.15. The van der Waals surface area contributed by atoms with Crippen LogP contribution in [-0.4, -0.2) is 6.61 Å². The Hall–Kier alpha value is -0.340. The average Bonchev–Trinajstić information content (AvgIpc) is 2.67. The Kier molecular flexibility index (Phi) is 2.93. The maximum Gasteiger partial charge on any atom is 0.0939 e. The molecule has 1 aliphatic rings. The predicted octanol–water partition coefficient (Wildman–Crippen LogP) is 3.73. The molecule has 0 aliphatic carbocycles. The molecule has 14 heavy (non-hydrogen) atoms. The molecule has 0 fully saturated rings. The van der Waals surface area contributed by atoms with E-state index >= 15 is 0 Å². The smallest absolute Gasteiger partial charge is 0.0939 e. The molecule has 2 rings (SSSR count). The minimum atomic E-state index is 0.0440. The molecule has 78 valence electrons. The first-order valence-electron chi connectivity index (χ1n) is 5.53. The van der Waals surface area contributed by atoms with Crippen LogP contribution in [0.4, 0.5) is 0 Å². The highest BCUT2D eigenvalue weighted by Crippen LogP contribution is 2.41. The molecule has 0 radical (unpaired) electrons. The fourth-order valence-corrected chi connectivity index (χ4v) is 3.39. The van der Waals surface area contributed by atoms with E-state index in [9.17, 15) is 0 Å². The zero-order valence-corrected chi connectivity index (χ0v) is 9.82. The second kappa shape index (κ2) is 4.03. The standard InChI is InChI=1S/C12H18OS/c1-3-7-12(4-2)10-6-9-14-11(10)5-8-13-12/h6,9H,3-5,7-8H2,1-2H3/t12-/m0/s1. The molecule has 0 unspecified atom stereocenters. The normalized spacial score (nSPS) is 26.1. The summed E-state index contributed by atoms with van der Waals surface area (Å²) in [7, 11) is 0. The molecule has 1 atom stereocenters. The van der Waals surface area contributed by atoms with Crippen molar-refractivity contribution in [1.82, 2.24) is 0 Å². The highest BCUT2D eigenvalue weighted by atomic mass is 32.1. The number of hydrogen-bond acceptors (Lipinski definition) is 2. The fraction of sp³-hybridized carbons (Fsp3) is 0.667. The third kappa shape index (κ3) is 1.51. The molecule has 1 aliphatic heterocycles. The number of fused-ring (bicyclic) bond motifs is 1. The van der Waals surface area contributed by atoms with E-state index in [1.54, 1.807) is 4.88 Å². The maximum absolute atomic E-state index is 6.05. The summed E-state index contributed by atoms with van der Waals surface area (Å²) in [5.41, 5.74) is 1.51. The third-order valence-electron chi connectivity index (χ3n) is 3.17. The van der Waals surface area contributed by atoms with Crippen LogP contribution >= 0.6 is 11.3 Å². The lowest BCUT2D eigenvalue weighted by Crippen LogP contribution is -2.33.